The molecule has 0 radical (unpaired) electrons. The van der Waals surface area contributed by atoms with E-state index in [4.69, 9.17) is 9.47 Å². The van der Waals surface area contributed by atoms with Crippen LogP contribution in [0, 0.1) is 6.92 Å². The van der Waals surface area contributed by atoms with Crippen molar-refractivity contribution < 1.29 is 23.9 Å². The minimum absolute atomic E-state index is 0.191. The maximum atomic E-state index is 12.4. The first-order valence-corrected chi connectivity index (χ1v) is 10.6. The van der Waals surface area contributed by atoms with Crippen molar-refractivity contribution in [3.8, 4) is 0 Å². The lowest BCUT2D eigenvalue weighted by atomic mass is 10.1. The number of esters is 2. The number of imidazole rings is 1. The first kappa shape index (κ1) is 22.0. The maximum Gasteiger partial charge on any atom is 0.348 e. The molecule has 0 saturated carbocycles. The van der Waals surface area contributed by atoms with Gasteiger partial charge in [0, 0.05) is 31.6 Å². The number of hydrogen-bond donors (Lipinski definition) is 1. The number of thioether (sulfide) groups is 1. The molecular formula is C18H23N3O5S2. The molecule has 0 spiro atoms. The molecule has 8 nitrogen and oxygen atoms in total. The molecule has 2 aromatic heterocycles. The van der Waals surface area contributed by atoms with E-state index in [1.807, 2.05) is 17.8 Å². The Kier molecular flexibility index (Phi) is 8.06. The van der Waals surface area contributed by atoms with Crippen LogP contribution in [-0.2, 0) is 21.3 Å². The third-order valence-electron chi connectivity index (χ3n) is 3.68. The number of carbonyl (C=O) groups is 3. The first-order valence-electron chi connectivity index (χ1n) is 8.76. The van der Waals surface area contributed by atoms with Gasteiger partial charge in [0.2, 0.25) is 5.91 Å². The largest absolute Gasteiger partial charge is 0.462 e. The Morgan fingerprint density at radius 2 is 1.89 bits per heavy atom. The van der Waals surface area contributed by atoms with Crippen LogP contribution in [0.3, 0.4) is 0 Å². The molecule has 0 atom stereocenters. The fourth-order valence-electron chi connectivity index (χ4n) is 2.36. The van der Waals surface area contributed by atoms with Crippen LogP contribution in [0.5, 0.6) is 0 Å². The van der Waals surface area contributed by atoms with Crippen molar-refractivity contribution >= 4 is 45.9 Å². The Balaban J connectivity index is 2.12. The molecule has 0 saturated heterocycles. The number of aromatic nitrogens is 2. The highest BCUT2D eigenvalue weighted by molar-refractivity contribution is 7.99. The van der Waals surface area contributed by atoms with E-state index in [1.54, 1.807) is 27.0 Å². The molecule has 1 N–H and O–H groups in total. The average Bonchev–Trinajstić information content (AvgIpc) is 3.18. The topological polar surface area (TPSA) is 99.5 Å². The summed E-state index contributed by atoms with van der Waals surface area (Å²) in [6, 6.07) is 0. The smallest absolute Gasteiger partial charge is 0.348 e. The van der Waals surface area contributed by atoms with Crippen LogP contribution in [0.25, 0.3) is 0 Å². The predicted molar refractivity (Wildman–Crippen MR) is 108 cm³/mol. The summed E-state index contributed by atoms with van der Waals surface area (Å²) in [7, 11) is 1.88. The quantitative estimate of drug-likeness (QED) is 0.486. The number of nitrogens with one attached hydrogen (secondary N) is 1. The van der Waals surface area contributed by atoms with Gasteiger partial charge in [-0.3, -0.25) is 4.79 Å². The van der Waals surface area contributed by atoms with Crippen molar-refractivity contribution in [2.45, 2.75) is 32.3 Å². The molecule has 0 aromatic carbocycles. The Hall–Kier alpha value is -2.33. The van der Waals surface area contributed by atoms with Crippen LogP contribution in [0.15, 0.2) is 17.6 Å². The van der Waals surface area contributed by atoms with Gasteiger partial charge in [0.05, 0.1) is 18.8 Å². The van der Waals surface area contributed by atoms with E-state index < -0.39 is 11.9 Å². The summed E-state index contributed by atoms with van der Waals surface area (Å²) in [6.45, 7) is 5.45. The van der Waals surface area contributed by atoms with Gasteiger partial charge in [0.25, 0.3) is 0 Å². The second kappa shape index (κ2) is 10.3. The van der Waals surface area contributed by atoms with Crippen LogP contribution in [-0.4, -0.2) is 46.4 Å². The zero-order chi connectivity index (χ0) is 20.7. The molecular weight excluding hydrogens is 402 g/mol. The zero-order valence-electron chi connectivity index (χ0n) is 16.2. The SMILES string of the molecule is CCOC(=O)c1sc(NC(=O)CCSc2nccn2C)c(C(=O)OCC)c1C. The van der Waals surface area contributed by atoms with E-state index >= 15 is 0 Å². The summed E-state index contributed by atoms with van der Waals surface area (Å²) in [4.78, 5) is 41.3. The number of hydrogen-bond acceptors (Lipinski definition) is 8. The summed E-state index contributed by atoms with van der Waals surface area (Å²) in [6.07, 6.45) is 3.75. The van der Waals surface area contributed by atoms with Crippen LogP contribution < -0.4 is 5.32 Å². The molecule has 10 heteroatoms. The minimum Gasteiger partial charge on any atom is -0.462 e. The van der Waals surface area contributed by atoms with E-state index in [0.29, 0.717) is 16.3 Å². The Bertz CT molecular complexity index is 860. The van der Waals surface area contributed by atoms with Gasteiger partial charge >= 0.3 is 11.9 Å². The van der Waals surface area contributed by atoms with Crippen molar-refractivity contribution in [2.24, 2.45) is 7.05 Å². The fourth-order valence-corrected chi connectivity index (χ4v) is 4.33. The van der Waals surface area contributed by atoms with Crippen LogP contribution in [0.4, 0.5) is 5.00 Å². The van der Waals surface area contributed by atoms with Crippen molar-refractivity contribution in [3.63, 3.8) is 0 Å². The molecule has 0 aliphatic rings. The molecule has 0 unspecified atom stereocenters. The number of anilines is 1. The number of ether oxygens (including phenoxy) is 2. The molecule has 2 heterocycles. The first-order chi connectivity index (χ1) is 13.4. The molecule has 2 aromatic rings. The van der Waals surface area contributed by atoms with Gasteiger partial charge in [-0.2, -0.15) is 0 Å². The van der Waals surface area contributed by atoms with Gasteiger partial charge in [0.1, 0.15) is 9.88 Å². The minimum atomic E-state index is -0.579. The van der Waals surface area contributed by atoms with E-state index in [9.17, 15) is 14.4 Å². The number of thiophene rings is 1. The summed E-state index contributed by atoms with van der Waals surface area (Å²) in [5.74, 6) is -0.838. The third-order valence-corrected chi connectivity index (χ3v) is 5.92. The zero-order valence-corrected chi connectivity index (χ0v) is 17.9. The third kappa shape index (κ3) is 5.35. The lowest BCUT2D eigenvalue weighted by Crippen LogP contribution is -2.15. The second-order valence-corrected chi connectivity index (χ2v) is 7.75. The van der Waals surface area contributed by atoms with Crippen LogP contribution >= 0.6 is 23.1 Å². The summed E-state index contributed by atoms with van der Waals surface area (Å²) in [5, 5.41) is 3.85. The lowest BCUT2D eigenvalue weighted by Gasteiger charge is -2.07. The number of rotatable bonds is 9. The van der Waals surface area contributed by atoms with E-state index in [1.165, 1.54) is 11.8 Å². The number of nitrogens with zero attached hydrogens (tertiary/aromatic N) is 2. The van der Waals surface area contributed by atoms with Crippen molar-refractivity contribution in [3.05, 3.63) is 28.4 Å². The highest BCUT2D eigenvalue weighted by Gasteiger charge is 2.27. The van der Waals surface area contributed by atoms with Gasteiger partial charge < -0.3 is 19.4 Å². The van der Waals surface area contributed by atoms with Crippen LogP contribution in [0.2, 0.25) is 0 Å². The predicted octanol–water partition coefficient (Wildman–Crippen LogP) is 3.26. The monoisotopic (exact) mass is 425 g/mol. The number of aryl methyl sites for hydroxylation is 1. The number of carbonyl (C=O) groups excluding carboxylic acids is 3. The molecule has 0 fully saturated rings. The molecule has 0 aliphatic carbocycles. The molecule has 152 valence electrons. The van der Waals surface area contributed by atoms with Gasteiger partial charge in [-0.1, -0.05) is 11.8 Å². The second-order valence-electron chi connectivity index (χ2n) is 5.67. The van der Waals surface area contributed by atoms with E-state index in [0.717, 1.165) is 16.5 Å². The lowest BCUT2D eigenvalue weighted by molar-refractivity contribution is -0.115. The maximum absolute atomic E-state index is 12.4. The van der Waals surface area contributed by atoms with Crippen molar-refractivity contribution in [1.29, 1.82) is 0 Å². The van der Waals surface area contributed by atoms with Gasteiger partial charge in [0.15, 0.2) is 5.16 Å². The van der Waals surface area contributed by atoms with Gasteiger partial charge in [-0.15, -0.1) is 11.3 Å². The van der Waals surface area contributed by atoms with Gasteiger partial charge in [-0.25, -0.2) is 14.6 Å². The number of amides is 1. The summed E-state index contributed by atoms with van der Waals surface area (Å²) >= 11 is 2.48. The Morgan fingerprint density at radius 1 is 1.21 bits per heavy atom. The summed E-state index contributed by atoms with van der Waals surface area (Å²) in [5.41, 5.74) is 0.639. The molecule has 0 bridgehead atoms. The Labute approximate surface area is 171 Å². The standard InChI is InChI=1S/C18H23N3O5S2/c1-5-25-16(23)13-11(3)14(17(24)26-6-2)28-15(13)20-12(22)7-10-27-18-19-8-9-21(18)4/h8-9H,5-7,10H2,1-4H3,(H,20,22). The average molecular weight is 426 g/mol. The fraction of sp³-hybridized carbons (Fsp3) is 0.444. The highest BCUT2D eigenvalue weighted by atomic mass is 32.2. The normalized spacial score (nSPS) is 10.6. The van der Waals surface area contributed by atoms with Crippen molar-refractivity contribution in [1.82, 2.24) is 9.55 Å². The van der Waals surface area contributed by atoms with Crippen LogP contribution in [0.1, 0.15) is 45.9 Å². The molecule has 1 amide bonds. The molecule has 28 heavy (non-hydrogen) atoms. The highest BCUT2D eigenvalue weighted by Crippen LogP contribution is 2.34. The van der Waals surface area contributed by atoms with E-state index in [2.05, 4.69) is 10.3 Å². The summed E-state index contributed by atoms with van der Waals surface area (Å²) < 4.78 is 12.0. The van der Waals surface area contributed by atoms with E-state index in [-0.39, 0.29) is 36.0 Å². The molecule has 2 rings (SSSR count). The molecule has 0 aliphatic heterocycles. The van der Waals surface area contributed by atoms with Gasteiger partial charge in [-0.05, 0) is 26.3 Å². The Morgan fingerprint density at radius 3 is 2.50 bits per heavy atom. The van der Waals surface area contributed by atoms with Crippen molar-refractivity contribution in [2.75, 3.05) is 24.3 Å².